The van der Waals surface area contributed by atoms with Crippen molar-refractivity contribution in [2.45, 2.75) is 33.2 Å². The van der Waals surface area contributed by atoms with Crippen LogP contribution < -0.4 is 16.2 Å². The molecule has 2 aromatic heterocycles. The molecule has 2 heterocycles. The largest absolute Gasteiger partial charge is 0.352 e. The van der Waals surface area contributed by atoms with Crippen molar-refractivity contribution in [3.05, 3.63) is 56.4 Å². The first kappa shape index (κ1) is 22.6. The molecule has 0 aliphatic heterocycles. The summed E-state index contributed by atoms with van der Waals surface area (Å²) in [6, 6.07) is 7.37. The smallest absolute Gasteiger partial charge is 0.259 e. The van der Waals surface area contributed by atoms with Crippen molar-refractivity contribution in [2.75, 3.05) is 26.0 Å². The van der Waals surface area contributed by atoms with Crippen LogP contribution in [0.1, 0.15) is 28.2 Å². The van der Waals surface area contributed by atoms with E-state index in [1.165, 1.54) is 11.3 Å². The Bertz CT molecular complexity index is 1170. The standard InChI is InChI=1S/C22H27N5O3S/c1-13-14(2)31-22-20(13)21(30)25-17(26-22)8-9-18(28)23-11-15-6-5-7-16(10-15)24-19(29)12-27(3)4/h5-7,10H,8-9,11-12H2,1-4H3,(H,23,28)(H,24,29)(H,25,26,30). The Balaban J connectivity index is 1.54. The van der Waals surface area contributed by atoms with Gasteiger partial charge in [-0.05, 0) is 51.2 Å². The van der Waals surface area contributed by atoms with Gasteiger partial charge in [0.1, 0.15) is 10.7 Å². The van der Waals surface area contributed by atoms with Crippen LogP contribution in [-0.2, 0) is 22.6 Å². The van der Waals surface area contributed by atoms with Gasteiger partial charge in [-0.25, -0.2) is 4.98 Å². The molecule has 3 rings (SSSR count). The number of amides is 2. The molecule has 0 spiro atoms. The van der Waals surface area contributed by atoms with E-state index in [0.717, 1.165) is 16.0 Å². The van der Waals surface area contributed by atoms with Crippen molar-refractivity contribution < 1.29 is 9.59 Å². The highest BCUT2D eigenvalue weighted by molar-refractivity contribution is 7.18. The van der Waals surface area contributed by atoms with E-state index in [1.807, 2.05) is 52.2 Å². The van der Waals surface area contributed by atoms with E-state index in [4.69, 9.17) is 0 Å². The molecule has 0 fully saturated rings. The molecule has 0 bridgehead atoms. The van der Waals surface area contributed by atoms with Gasteiger partial charge in [0, 0.05) is 30.0 Å². The lowest BCUT2D eigenvalue weighted by molar-refractivity contribution is -0.121. The second-order valence-corrected chi connectivity index (χ2v) is 8.94. The number of carbonyl (C=O) groups is 2. The Labute approximate surface area is 184 Å². The summed E-state index contributed by atoms with van der Waals surface area (Å²) in [6.45, 7) is 4.54. The number of hydrogen-bond acceptors (Lipinski definition) is 6. The van der Waals surface area contributed by atoms with Gasteiger partial charge in [0.05, 0.1) is 11.9 Å². The first-order chi connectivity index (χ1) is 14.7. The summed E-state index contributed by atoms with van der Waals surface area (Å²) in [4.78, 5) is 47.4. The van der Waals surface area contributed by atoms with Gasteiger partial charge in [-0.1, -0.05) is 12.1 Å². The highest BCUT2D eigenvalue weighted by Gasteiger charge is 2.12. The van der Waals surface area contributed by atoms with Crippen LogP contribution in [0, 0.1) is 13.8 Å². The minimum absolute atomic E-state index is 0.0965. The third-order valence-corrected chi connectivity index (χ3v) is 5.94. The van der Waals surface area contributed by atoms with Gasteiger partial charge in [-0.2, -0.15) is 0 Å². The Morgan fingerprint density at radius 1 is 1.19 bits per heavy atom. The fourth-order valence-corrected chi connectivity index (χ4v) is 4.23. The van der Waals surface area contributed by atoms with Crippen molar-refractivity contribution in [1.82, 2.24) is 20.2 Å². The molecule has 1 aromatic carbocycles. The van der Waals surface area contributed by atoms with Gasteiger partial charge in [0.2, 0.25) is 11.8 Å². The second-order valence-electron chi connectivity index (χ2n) is 7.74. The summed E-state index contributed by atoms with van der Waals surface area (Å²) in [7, 11) is 3.66. The third kappa shape index (κ3) is 5.99. The maximum absolute atomic E-state index is 12.3. The fourth-order valence-electron chi connectivity index (χ4n) is 3.19. The van der Waals surface area contributed by atoms with E-state index in [0.29, 0.717) is 41.2 Å². The molecule has 2 amide bonds. The van der Waals surface area contributed by atoms with Crippen LogP contribution in [0.3, 0.4) is 0 Å². The van der Waals surface area contributed by atoms with E-state index in [2.05, 4.69) is 20.6 Å². The Morgan fingerprint density at radius 2 is 1.97 bits per heavy atom. The molecule has 8 nitrogen and oxygen atoms in total. The van der Waals surface area contributed by atoms with Crippen LogP contribution >= 0.6 is 11.3 Å². The van der Waals surface area contributed by atoms with Crippen LogP contribution in [0.25, 0.3) is 10.2 Å². The topological polar surface area (TPSA) is 107 Å². The number of nitrogens with one attached hydrogen (secondary N) is 3. The number of likely N-dealkylation sites (N-methyl/N-ethyl adjacent to an activating group) is 1. The summed E-state index contributed by atoms with van der Waals surface area (Å²) in [6.07, 6.45) is 0.574. The Kier molecular flexibility index (Phi) is 7.19. The van der Waals surface area contributed by atoms with Crippen molar-refractivity contribution in [3.63, 3.8) is 0 Å². The molecule has 164 valence electrons. The summed E-state index contributed by atoms with van der Waals surface area (Å²) in [5.41, 5.74) is 2.37. The lowest BCUT2D eigenvalue weighted by Crippen LogP contribution is -2.27. The van der Waals surface area contributed by atoms with Crippen molar-refractivity contribution in [2.24, 2.45) is 0 Å². The highest BCUT2D eigenvalue weighted by Crippen LogP contribution is 2.25. The van der Waals surface area contributed by atoms with Gasteiger partial charge in [-0.15, -0.1) is 11.3 Å². The van der Waals surface area contributed by atoms with E-state index in [1.54, 1.807) is 4.90 Å². The quantitative estimate of drug-likeness (QED) is 0.497. The predicted octanol–water partition coefficient (Wildman–Crippen LogP) is 2.35. The summed E-state index contributed by atoms with van der Waals surface area (Å²) in [5.74, 6) is 0.281. The summed E-state index contributed by atoms with van der Waals surface area (Å²) >= 11 is 1.49. The molecule has 0 radical (unpaired) electrons. The molecule has 0 atom stereocenters. The monoisotopic (exact) mass is 441 g/mol. The van der Waals surface area contributed by atoms with Gasteiger partial charge < -0.3 is 20.5 Å². The SMILES string of the molecule is Cc1sc2nc(CCC(=O)NCc3cccc(NC(=O)CN(C)C)c3)[nH]c(=O)c2c1C. The number of fused-ring (bicyclic) bond motifs is 1. The van der Waals surface area contributed by atoms with E-state index < -0.39 is 0 Å². The predicted molar refractivity (Wildman–Crippen MR) is 124 cm³/mol. The summed E-state index contributed by atoms with van der Waals surface area (Å²) in [5, 5.41) is 6.34. The van der Waals surface area contributed by atoms with E-state index in [9.17, 15) is 14.4 Å². The first-order valence-corrected chi connectivity index (χ1v) is 10.8. The van der Waals surface area contributed by atoms with Crippen LogP contribution in [0.15, 0.2) is 29.1 Å². The number of hydrogen-bond donors (Lipinski definition) is 3. The van der Waals surface area contributed by atoms with Gasteiger partial charge in [0.15, 0.2) is 0 Å². The molecule has 0 saturated heterocycles. The van der Waals surface area contributed by atoms with Gasteiger partial charge in [-0.3, -0.25) is 14.4 Å². The minimum Gasteiger partial charge on any atom is -0.352 e. The van der Waals surface area contributed by atoms with Crippen molar-refractivity contribution in [1.29, 1.82) is 0 Å². The lowest BCUT2D eigenvalue weighted by Gasteiger charge is -2.11. The number of nitrogens with zero attached hydrogens (tertiary/aromatic N) is 2. The van der Waals surface area contributed by atoms with Crippen molar-refractivity contribution in [3.8, 4) is 0 Å². The van der Waals surface area contributed by atoms with Gasteiger partial charge in [0.25, 0.3) is 5.56 Å². The number of thiophene rings is 1. The van der Waals surface area contributed by atoms with Crippen LogP contribution in [0.5, 0.6) is 0 Å². The molecular weight excluding hydrogens is 414 g/mol. The second kappa shape index (κ2) is 9.84. The van der Waals surface area contributed by atoms with Crippen LogP contribution in [0.4, 0.5) is 5.69 Å². The van der Waals surface area contributed by atoms with E-state index >= 15 is 0 Å². The molecule has 0 unspecified atom stereocenters. The third-order valence-electron chi connectivity index (χ3n) is 4.84. The maximum atomic E-state index is 12.3. The summed E-state index contributed by atoms with van der Waals surface area (Å²) < 4.78 is 0. The lowest BCUT2D eigenvalue weighted by atomic mass is 10.2. The number of anilines is 1. The van der Waals surface area contributed by atoms with Crippen LogP contribution in [-0.4, -0.2) is 47.3 Å². The number of aromatic amines is 1. The Hall–Kier alpha value is -3.04. The molecule has 0 saturated carbocycles. The molecule has 0 aliphatic carbocycles. The first-order valence-electron chi connectivity index (χ1n) is 10.0. The maximum Gasteiger partial charge on any atom is 0.259 e. The minimum atomic E-state index is -0.157. The van der Waals surface area contributed by atoms with E-state index in [-0.39, 0.29) is 23.8 Å². The zero-order valence-corrected chi connectivity index (χ0v) is 19.0. The molecule has 31 heavy (non-hydrogen) atoms. The number of H-pyrrole nitrogens is 1. The van der Waals surface area contributed by atoms with Crippen LogP contribution in [0.2, 0.25) is 0 Å². The molecule has 9 heteroatoms. The molecule has 3 aromatic rings. The fraction of sp³-hybridized carbons (Fsp3) is 0.364. The van der Waals surface area contributed by atoms with Crippen molar-refractivity contribution >= 4 is 39.1 Å². The zero-order valence-electron chi connectivity index (χ0n) is 18.2. The number of carbonyl (C=O) groups excluding carboxylic acids is 2. The zero-order chi connectivity index (χ0) is 22.5. The number of aromatic nitrogens is 2. The normalized spacial score (nSPS) is 11.1. The van der Waals surface area contributed by atoms with Gasteiger partial charge >= 0.3 is 0 Å². The number of rotatable bonds is 8. The number of benzene rings is 1. The average Bonchev–Trinajstić information content (AvgIpc) is 2.98. The average molecular weight is 442 g/mol. The highest BCUT2D eigenvalue weighted by atomic mass is 32.1. The molecular formula is C22H27N5O3S. The Morgan fingerprint density at radius 3 is 2.71 bits per heavy atom. The molecule has 0 aliphatic rings. The molecule has 3 N–H and O–H groups in total. The number of aryl methyl sites for hydroxylation is 3.